The van der Waals surface area contributed by atoms with Gasteiger partial charge in [0.25, 0.3) is 0 Å². The molecule has 1 unspecified atom stereocenters. The molecule has 0 bridgehead atoms. The lowest BCUT2D eigenvalue weighted by molar-refractivity contribution is -0.136. The van der Waals surface area contributed by atoms with Gasteiger partial charge < -0.3 is 9.52 Å². The lowest BCUT2D eigenvalue weighted by atomic mass is 10.1. The van der Waals surface area contributed by atoms with Crippen LogP contribution in [-0.2, 0) is 14.8 Å². The van der Waals surface area contributed by atoms with Crippen LogP contribution in [-0.4, -0.2) is 34.9 Å². The Morgan fingerprint density at radius 3 is 2.71 bits per heavy atom. The van der Waals surface area contributed by atoms with Gasteiger partial charge in [-0.15, -0.1) is 10.2 Å². The fourth-order valence-electron chi connectivity index (χ4n) is 1.54. The fraction of sp³-hybridized carbons (Fsp3) is 0.250. The first-order chi connectivity index (χ1) is 9.81. The number of rotatable bonds is 5. The molecular formula is C12H13N3O5S. The molecule has 1 atom stereocenters. The monoisotopic (exact) mass is 311 g/mol. The number of nitrogens with zero attached hydrogens (tertiary/aromatic N) is 2. The molecule has 2 rings (SSSR count). The molecule has 0 saturated heterocycles. The van der Waals surface area contributed by atoms with Crippen LogP contribution in [0.5, 0.6) is 0 Å². The van der Waals surface area contributed by atoms with Crippen LogP contribution in [0.3, 0.4) is 0 Å². The SMILES string of the molecule is Cc1ccc(-c2nnco2)cc1NS(=O)(=O)C(C)C(=O)O. The van der Waals surface area contributed by atoms with Crippen molar-refractivity contribution in [3.8, 4) is 11.5 Å². The van der Waals surface area contributed by atoms with Crippen LogP contribution in [0.2, 0.25) is 0 Å². The molecule has 0 spiro atoms. The average Bonchev–Trinajstić information content (AvgIpc) is 2.94. The summed E-state index contributed by atoms with van der Waals surface area (Å²) in [5.74, 6) is -1.19. The number of aryl methyl sites for hydroxylation is 1. The Bertz CT molecular complexity index is 755. The smallest absolute Gasteiger partial charge is 0.323 e. The molecule has 0 aliphatic heterocycles. The number of hydrogen-bond donors (Lipinski definition) is 2. The van der Waals surface area contributed by atoms with Crippen LogP contribution in [0, 0.1) is 6.92 Å². The minimum atomic E-state index is -4.04. The number of aliphatic carboxylic acids is 1. The van der Waals surface area contributed by atoms with Crippen LogP contribution < -0.4 is 4.72 Å². The summed E-state index contributed by atoms with van der Waals surface area (Å²) in [6, 6.07) is 4.87. The summed E-state index contributed by atoms with van der Waals surface area (Å²) < 4.78 is 31.2. The zero-order valence-corrected chi connectivity index (χ0v) is 12.1. The van der Waals surface area contributed by atoms with E-state index in [1.807, 2.05) is 0 Å². The van der Waals surface area contributed by atoms with Crippen LogP contribution >= 0.6 is 0 Å². The number of anilines is 1. The second kappa shape index (κ2) is 5.52. The van der Waals surface area contributed by atoms with Crippen molar-refractivity contribution in [1.29, 1.82) is 0 Å². The van der Waals surface area contributed by atoms with E-state index in [1.165, 1.54) is 6.07 Å². The number of benzene rings is 1. The average molecular weight is 311 g/mol. The summed E-state index contributed by atoms with van der Waals surface area (Å²) in [6.07, 6.45) is 1.16. The molecule has 0 fully saturated rings. The maximum absolute atomic E-state index is 11.9. The first-order valence-corrected chi connectivity index (χ1v) is 7.47. The number of carboxylic acid groups (broad SMARTS) is 1. The molecule has 1 heterocycles. The molecule has 0 aliphatic carbocycles. The molecule has 8 nitrogen and oxygen atoms in total. The van der Waals surface area contributed by atoms with Gasteiger partial charge >= 0.3 is 5.97 Å². The highest BCUT2D eigenvalue weighted by Gasteiger charge is 2.28. The molecule has 0 aliphatic rings. The number of aromatic nitrogens is 2. The summed E-state index contributed by atoms with van der Waals surface area (Å²) >= 11 is 0. The summed E-state index contributed by atoms with van der Waals surface area (Å²) in [6.45, 7) is 2.79. The normalized spacial score (nSPS) is 12.9. The first kappa shape index (κ1) is 15.0. The van der Waals surface area contributed by atoms with E-state index < -0.39 is 21.2 Å². The Balaban J connectivity index is 2.36. The van der Waals surface area contributed by atoms with E-state index in [0.717, 1.165) is 13.3 Å². The highest BCUT2D eigenvalue weighted by atomic mass is 32.2. The van der Waals surface area contributed by atoms with Gasteiger partial charge in [0, 0.05) is 5.56 Å². The minimum absolute atomic E-state index is 0.238. The van der Waals surface area contributed by atoms with Crippen molar-refractivity contribution in [2.24, 2.45) is 0 Å². The van der Waals surface area contributed by atoms with Crippen molar-refractivity contribution in [3.63, 3.8) is 0 Å². The molecule has 1 aromatic heterocycles. The van der Waals surface area contributed by atoms with E-state index in [9.17, 15) is 13.2 Å². The number of hydrogen-bond acceptors (Lipinski definition) is 6. The highest BCUT2D eigenvalue weighted by Crippen LogP contribution is 2.25. The van der Waals surface area contributed by atoms with E-state index in [4.69, 9.17) is 9.52 Å². The summed E-state index contributed by atoms with van der Waals surface area (Å²) in [4.78, 5) is 10.8. The van der Waals surface area contributed by atoms with Crippen LogP contribution in [0.25, 0.3) is 11.5 Å². The minimum Gasteiger partial charge on any atom is -0.480 e. The van der Waals surface area contributed by atoms with Gasteiger partial charge in [-0.05, 0) is 31.5 Å². The maximum Gasteiger partial charge on any atom is 0.323 e. The largest absolute Gasteiger partial charge is 0.480 e. The zero-order valence-electron chi connectivity index (χ0n) is 11.3. The molecule has 21 heavy (non-hydrogen) atoms. The molecule has 0 amide bonds. The van der Waals surface area contributed by atoms with E-state index in [1.54, 1.807) is 19.1 Å². The van der Waals surface area contributed by atoms with Crippen molar-refractivity contribution < 1.29 is 22.7 Å². The lowest BCUT2D eigenvalue weighted by Crippen LogP contribution is -2.32. The topological polar surface area (TPSA) is 122 Å². The van der Waals surface area contributed by atoms with Crippen LogP contribution in [0.4, 0.5) is 5.69 Å². The van der Waals surface area contributed by atoms with Crippen molar-refractivity contribution in [3.05, 3.63) is 30.2 Å². The lowest BCUT2D eigenvalue weighted by Gasteiger charge is -2.13. The predicted octanol–water partition coefficient (Wildman–Crippen LogP) is 1.26. The van der Waals surface area contributed by atoms with E-state index in [2.05, 4.69) is 14.9 Å². The molecule has 2 aromatic rings. The molecular weight excluding hydrogens is 298 g/mol. The van der Waals surface area contributed by atoms with Gasteiger partial charge in [-0.25, -0.2) is 8.42 Å². The summed E-state index contributed by atoms with van der Waals surface area (Å²) in [5.41, 5.74) is 1.43. The Kier molecular flexibility index (Phi) is 3.94. The van der Waals surface area contributed by atoms with Gasteiger partial charge in [-0.3, -0.25) is 9.52 Å². The molecule has 1 aromatic carbocycles. The molecule has 0 saturated carbocycles. The van der Waals surface area contributed by atoms with Crippen molar-refractivity contribution in [2.45, 2.75) is 19.1 Å². The number of carboxylic acids is 1. The van der Waals surface area contributed by atoms with Gasteiger partial charge in [0.15, 0.2) is 5.25 Å². The molecule has 2 N–H and O–H groups in total. The van der Waals surface area contributed by atoms with Gasteiger partial charge in [0.05, 0.1) is 5.69 Å². The quantitative estimate of drug-likeness (QED) is 0.852. The molecule has 112 valence electrons. The molecule has 0 radical (unpaired) electrons. The van der Waals surface area contributed by atoms with Gasteiger partial charge in [0.1, 0.15) is 0 Å². The Hall–Kier alpha value is -2.42. The first-order valence-electron chi connectivity index (χ1n) is 5.93. The zero-order chi connectivity index (χ0) is 15.6. The molecule has 9 heteroatoms. The number of sulfonamides is 1. The number of carbonyl (C=O) groups is 1. The van der Waals surface area contributed by atoms with Crippen molar-refractivity contribution in [1.82, 2.24) is 10.2 Å². The Morgan fingerprint density at radius 2 is 2.14 bits per heavy atom. The summed E-state index contributed by atoms with van der Waals surface area (Å²) in [5, 5.41) is 14.5. The Labute approximate surface area is 120 Å². The van der Waals surface area contributed by atoms with Crippen LogP contribution in [0.15, 0.2) is 29.0 Å². The van der Waals surface area contributed by atoms with Gasteiger partial charge in [-0.1, -0.05) is 6.07 Å². The third kappa shape index (κ3) is 3.19. The van der Waals surface area contributed by atoms with Gasteiger partial charge in [0.2, 0.25) is 22.3 Å². The maximum atomic E-state index is 11.9. The second-order valence-corrected chi connectivity index (χ2v) is 6.40. The van der Waals surface area contributed by atoms with Crippen molar-refractivity contribution in [2.75, 3.05) is 4.72 Å². The highest BCUT2D eigenvalue weighted by molar-refractivity contribution is 7.94. The van der Waals surface area contributed by atoms with Crippen LogP contribution in [0.1, 0.15) is 12.5 Å². The number of nitrogens with one attached hydrogen (secondary N) is 1. The summed E-state index contributed by atoms with van der Waals surface area (Å²) in [7, 11) is -4.04. The standard InChI is InChI=1S/C12H13N3O5S/c1-7-3-4-9(11-14-13-6-20-11)5-10(7)15-21(18,19)8(2)12(16)17/h3-6,8,15H,1-2H3,(H,16,17). The van der Waals surface area contributed by atoms with E-state index >= 15 is 0 Å². The van der Waals surface area contributed by atoms with Crippen molar-refractivity contribution >= 4 is 21.7 Å². The van der Waals surface area contributed by atoms with E-state index in [-0.39, 0.29) is 11.6 Å². The van der Waals surface area contributed by atoms with E-state index in [0.29, 0.717) is 11.1 Å². The fourth-order valence-corrected chi connectivity index (χ4v) is 2.51. The predicted molar refractivity (Wildman–Crippen MR) is 74.1 cm³/mol. The third-order valence-corrected chi connectivity index (χ3v) is 4.55. The van der Waals surface area contributed by atoms with Gasteiger partial charge in [-0.2, -0.15) is 0 Å². The Morgan fingerprint density at radius 1 is 1.43 bits per heavy atom. The second-order valence-electron chi connectivity index (χ2n) is 4.40. The third-order valence-electron chi connectivity index (χ3n) is 2.91.